The number of allylic oxidation sites excluding steroid dienone is 5. The smallest absolute Gasteiger partial charge is 0.0364 e. The second-order valence-electron chi connectivity index (χ2n) is 11.3. The minimum atomic E-state index is 0. The molecular weight excluding hydrogens is 458 g/mol. The third kappa shape index (κ3) is 16.3. The van der Waals surface area contributed by atoms with E-state index in [1.165, 1.54) is 99.4 Å². The summed E-state index contributed by atoms with van der Waals surface area (Å²) >= 11 is 0. The van der Waals surface area contributed by atoms with Crippen LogP contribution < -0.4 is 4.90 Å². The van der Waals surface area contributed by atoms with Crippen LogP contribution in [0.3, 0.4) is 0 Å². The Labute approximate surface area is 240 Å². The Bertz CT molecular complexity index is 791. The van der Waals surface area contributed by atoms with Crippen molar-refractivity contribution in [2.45, 2.75) is 146 Å². The van der Waals surface area contributed by atoms with Gasteiger partial charge >= 0.3 is 0 Å². The predicted octanol–water partition coefficient (Wildman–Crippen LogP) is 12.6. The number of benzene rings is 1. The first-order valence-electron chi connectivity index (χ1n) is 15.5. The van der Waals surface area contributed by atoms with E-state index in [1.807, 2.05) is 13.8 Å². The normalized spacial score (nSPS) is 14.9. The molecule has 1 saturated carbocycles. The van der Waals surface area contributed by atoms with Crippen LogP contribution in [0.2, 0.25) is 0 Å². The molecule has 220 valence electrons. The topological polar surface area (TPSA) is 3.24 Å². The fraction of sp³-hybridized carbons (Fsp3) is 0.676. The van der Waals surface area contributed by atoms with Crippen molar-refractivity contribution in [2.75, 3.05) is 19.0 Å². The van der Waals surface area contributed by atoms with Crippen LogP contribution in [0, 0.1) is 12.3 Å². The van der Waals surface area contributed by atoms with Crippen molar-refractivity contribution < 1.29 is 0 Å². The fourth-order valence-electron chi connectivity index (χ4n) is 4.58. The van der Waals surface area contributed by atoms with E-state index in [0.29, 0.717) is 11.3 Å². The Morgan fingerprint density at radius 3 is 2.08 bits per heavy atom. The molecule has 0 saturated heterocycles. The molecule has 1 aliphatic carbocycles. The van der Waals surface area contributed by atoms with Gasteiger partial charge in [0.15, 0.2) is 0 Å². The van der Waals surface area contributed by atoms with E-state index in [2.05, 4.69) is 104 Å². The van der Waals surface area contributed by atoms with Crippen molar-refractivity contribution in [1.29, 1.82) is 0 Å². The number of rotatable bonds is 15. The lowest BCUT2D eigenvalue weighted by atomic mass is 9.73. The average molecular weight is 526 g/mol. The summed E-state index contributed by atoms with van der Waals surface area (Å²) in [5, 5.41) is 0. The van der Waals surface area contributed by atoms with Gasteiger partial charge in [-0.2, -0.15) is 0 Å². The zero-order chi connectivity index (χ0) is 28.3. The summed E-state index contributed by atoms with van der Waals surface area (Å²) in [7, 11) is 4.29. The van der Waals surface area contributed by atoms with Gasteiger partial charge in [-0.3, -0.25) is 0 Å². The highest BCUT2D eigenvalue weighted by molar-refractivity contribution is 5.51. The molecule has 0 N–H and O–H groups in total. The molecule has 1 aliphatic rings. The van der Waals surface area contributed by atoms with E-state index in [4.69, 9.17) is 0 Å². The summed E-state index contributed by atoms with van der Waals surface area (Å²) in [6.45, 7) is 21.7. The molecule has 1 aromatic rings. The zero-order valence-corrected chi connectivity index (χ0v) is 26.7. The third-order valence-electron chi connectivity index (χ3n) is 7.58. The van der Waals surface area contributed by atoms with Crippen molar-refractivity contribution in [2.24, 2.45) is 5.41 Å². The molecule has 0 heterocycles. The molecule has 1 heteroatoms. The van der Waals surface area contributed by atoms with Crippen LogP contribution in [-0.4, -0.2) is 14.1 Å². The Balaban J connectivity index is 0. The molecular formula is C37H67N. The van der Waals surface area contributed by atoms with Gasteiger partial charge in [-0.1, -0.05) is 130 Å². The van der Waals surface area contributed by atoms with Crippen LogP contribution in [0.1, 0.15) is 150 Å². The summed E-state index contributed by atoms with van der Waals surface area (Å²) in [6.07, 6.45) is 22.6. The van der Waals surface area contributed by atoms with Crippen LogP contribution >= 0.6 is 0 Å². The van der Waals surface area contributed by atoms with E-state index in [-0.39, 0.29) is 7.43 Å². The Hall–Kier alpha value is -1.76. The number of anilines is 1. The lowest BCUT2D eigenvalue weighted by Crippen LogP contribution is -2.19. The monoisotopic (exact) mass is 526 g/mol. The lowest BCUT2D eigenvalue weighted by molar-refractivity contribution is 0.243. The number of hydrogen-bond acceptors (Lipinski definition) is 1. The van der Waals surface area contributed by atoms with E-state index < -0.39 is 0 Å². The van der Waals surface area contributed by atoms with Crippen LogP contribution in [0.5, 0.6) is 0 Å². The number of nitrogens with zero attached hydrogens (tertiary/aromatic N) is 1. The van der Waals surface area contributed by atoms with Crippen LogP contribution in [0.15, 0.2) is 54.2 Å². The molecule has 0 amide bonds. The second-order valence-corrected chi connectivity index (χ2v) is 11.3. The van der Waals surface area contributed by atoms with Gasteiger partial charge in [0, 0.05) is 25.7 Å². The molecule has 2 rings (SSSR count). The Morgan fingerprint density at radius 2 is 1.61 bits per heavy atom. The molecule has 2 atom stereocenters. The van der Waals surface area contributed by atoms with Crippen molar-refractivity contribution in [3.8, 4) is 0 Å². The molecule has 0 spiro atoms. The zero-order valence-electron chi connectivity index (χ0n) is 26.7. The minimum Gasteiger partial charge on any atom is -0.378 e. The van der Waals surface area contributed by atoms with Gasteiger partial charge in [-0.25, -0.2) is 0 Å². The molecule has 0 aromatic heterocycles. The van der Waals surface area contributed by atoms with Crippen molar-refractivity contribution in [1.82, 2.24) is 0 Å². The van der Waals surface area contributed by atoms with E-state index in [9.17, 15) is 0 Å². The van der Waals surface area contributed by atoms with Gasteiger partial charge < -0.3 is 4.90 Å². The Morgan fingerprint density at radius 1 is 1.00 bits per heavy atom. The highest BCUT2D eigenvalue weighted by Crippen LogP contribution is 2.41. The first-order valence-corrected chi connectivity index (χ1v) is 15.5. The second kappa shape index (κ2) is 22.1. The van der Waals surface area contributed by atoms with E-state index >= 15 is 0 Å². The number of unbranched alkanes of at least 4 members (excludes halogenated alkanes) is 2. The summed E-state index contributed by atoms with van der Waals surface area (Å²) in [6, 6.07) is 6.98. The largest absolute Gasteiger partial charge is 0.378 e. The maximum Gasteiger partial charge on any atom is 0.0364 e. The number of hydrogen-bond donors (Lipinski definition) is 0. The summed E-state index contributed by atoms with van der Waals surface area (Å²) in [5.41, 5.74) is 7.64. The van der Waals surface area contributed by atoms with Gasteiger partial charge in [0.25, 0.3) is 0 Å². The SMILES string of the molecule is C.C=C1CC1.CC.CCCC/C(=C/C=C[C@@H](CC(C)(CC)CCCC)c1cc(N(C)C)ccc1C)CCC. The van der Waals surface area contributed by atoms with Gasteiger partial charge in [-0.15, -0.1) is 0 Å². The molecule has 1 aromatic carbocycles. The van der Waals surface area contributed by atoms with Crippen molar-refractivity contribution >= 4 is 5.69 Å². The first kappa shape index (κ1) is 38.4. The maximum absolute atomic E-state index is 3.67. The van der Waals surface area contributed by atoms with Crippen LogP contribution in [-0.2, 0) is 0 Å². The maximum atomic E-state index is 3.67. The van der Waals surface area contributed by atoms with E-state index in [1.54, 1.807) is 5.57 Å². The van der Waals surface area contributed by atoms with Gasteiger partial charge in [-0.05, 0) is 80.5 Å². The molecule has 0 radical (unpaired) electrons. The van der Waals surface area contributed by atoms with Crippen LogP contribution in [0.4, 0.5) is 5.69 Å². The average Bonchev–Trinajstić information content (AvgIpc) is 3.69. The van der Waals surface area contributed by atoms with Crippen LogP contribution in [0.25, 0.3) is 0 Å². The molecule has 38 heavy (non-hydrogen) atoms. The summed E-state index contributed by atoms with van der Waals surface area (Å²) < 4.78 is 0. The minimum absolute atomic E-state index is 0. The van der Waals surface area contributed by atoms with Crippen molar-refractivity contribution in [3.63, 3.8) is 0 Å². The molecule has 1 nitrogen and oxygen atoms in total. The Kier molecular flexibility index (Phi) is 22.3. The quantitative estimate of drug-likeness (QED) is 0.162. The van der Waals surface area contributed by atoms with Gasteiger partial charge in [0.05, 0.1) is 0 Å². The third-order valence-corrected chi connectivity index (χ3v) is 7.58. The lowest BCUT2D eigenvalue weighted by Gasteiger charge is -2.33. The number of aryl methyl sites for hydroxylation is 1. The molecule has 0 bridgehead atoms. The highest BCUT2D eigenvalue weighted by atomic mass is 15.1. The van der Waals surface area contributed by atoms with Gasteiger partial charge in [0.2, 0.25) is 0 Å². The van der Waals surface area contributed by atoms with Crippen molar-refractivity contribution in [3.05, 3.63) is 65.3 Å². The van der Waals surface area contributed by atoms with E-state index in [0.717, 1.165) is 0 Å². The summed E-state index contributed by atoms with van der Waals surface area (Å²) in [5.74, 6) is 0.465. The molecule has 0 aliphatic heterocycles. The standard InChI is InChI=1S/C30H51N.C4H6.C2H6.CH4/c1-9-13-17-26(16-11-3)18-15-19-27(24-30(6,12-4)22-14-10-2)29-23-28(31(7)8)21-20-25(29)5;1-4-2-3-4;1-2;/h15,18-21,23,27H,9-14,16-17,22,24H2,1-8H3;1-3H2;1-2H3;1H4/b19-15?,26-18+;;;/t27-,30?;;;/m0.../s1. The van der Waals surface area contributed by atoms with Gasteiger partial charge in [0.1, 0.15) is 0 Å². The molecule has 1 unspecified atom stereocenters. The fourth-order valence-corrected chi connectivity index (χ4v) is 4.58. The highest BCUT2D eigenvalue weighted by Gasteiger charge is 2.26. The predicted molar refractivity (Wildman–Crippen MR) is 179 cm³/mol. The molecule has 1 fully saturated rings. The first-order chi connectivity index (χ1) is 17.7. The summed E-state index contributed by atoms with van der Waals surface area (Å²) in [4.78, 5) is 2.23.